The average molecular weight is 248 g/mol. The van der Waals surface area contributed by atoms with Crippen molar-refractivity contribution in [2.75, 3.05) is 13.7 Å². The van der Waals surface area contributed by atoms with Crippen molar-refractivity contribution < 1.29 is 14.2 Å². The second kappa shape index (κ2) is 5.92. The lowest BCUT2D eigenvalue weighted by Crippen LogP contribution is -2.02. The van der Waals surface area contributed by atoms with Gasteiger partial charge in [0.2, 0.25) is 0 Å². The van der Waals surface area contributed by atoms with Gasteiger partial charge in [0.1, 0.15) is 5.82 Å². The SMILES string of the molecule is COc1c(O)cc(Cl)c(F)c1CCCCN. The minimum Gasteiger partial charge on any atom is -0.504 e. The average Bonchev–Trinajstić information content (AvgIpc) is 2.25. The Bertz CT molecular complexity index is 371. The highest BCUT2D eigenvalue weighted by Gasteiger charge is 2.17. The number of phenolic OH excluding ortho intramolecular Hbond substituents is 1. The van der Waals surface area contributed by atoms with Gasteiger partial charge in [-0.25, -0.2) is 4.39 Å². The zero-order chi connectivity index (χ0) is 12.1. The number of phenols is 1. The maximum Gasteiger partial charge on any atom is 0.166 e. The molecule has 16 heavy (non-hydrogen) atoms. The number of hydrogen-bond acceptors (Lipinski definition) is 3. The molecule has 3 N–H and O–H groups in total. The van der Waals surface area contributed by atoms with Gasteiger partial charge in [-0.1, -0.05) is 11.6 Å². The van der Waals surface area contributed by atoms with Crippen molar-refractivity contribution in [2.24, 2.45) is 5.73 Å². The van der Waals surface area contributed by atoms with Crippen molar-refractivity contribution in [3.8, 4) is 11.5 Å². The molecule has 0 unspecified atom stereocenters. The van der Waals surface area contributed by atoms with Gasteiger partial charge in [0.05, 0.1) is 12.1 Å². The van der Waals surface area contributed by atoms with Gasteiger partial charge in [0.15, 0.2) is 11.5 Å². The van der Waals surface area contributed by atoms with Crippen molar-refractivity contribution in [1.29, 1.82) is 0 Å². The topological polar surface area (TPSA) is 55.5 Å². The fourth-order valence-electron chi connectivity index (χ4n) is 1.54. The monoisotopic (exact) mass is 247 g/mol. The van der Waals surface area contributed by atoms with Crippen molar-refractivity contribution in [2.45, 2.75) is 19.3 Å². The highest BCUT2D eigenvalue weighted by atomic mass is 35.5. The maximum absolute atomic E-state index is 13.7. The van der Waals surface area contributed by atoms with Crippen LogP contribution in [-0.2, 0) is 6.42 Å². The van der Waals surface area contributed by atoms with Crippen LogP contribution in [-0.4, -0.2) is 18.8 Å². The van der Waals surface area contributed by atoms with Crippen LogP contribution in [0.1, 0.15) is 18.4 Å². The Hall–Kier alpha value is -1.00. The summed E-state index contributed by atoms with van der Waals surface area (Å²) in [5.41, 5.74) is 5.67. The molecule has 3 nitrogen and oxygen atoms in total. The summed E-state index contributed by atoms with van der Waals surface area (Å²) < 4.78 is 18.7. The lowest BCUT2D eigenvalue weighted by molar-refractivity contribution is 0.364. The maximum atomic E-state index is 13.7. The molecule has 90 valence electrons. The minimum atomic E-state index is -0.534. The molecule has 0 spiro atoms. The number of rotatable bonds is 5. The Labute approximate surface area is 99.0 Å². The lowest BCUT2D eigenvalue weighted by Gasteiger charge is -2.12. The Balaban J connectivity index is 3.02. The second-order valence-corrected chi connectivity index (χ2v) is 3.86. The van der Waals surface area contributed by atoms with Gasteiger partial charge >= 0.3 is 0 Å². The van der Waals surface area contributed by atoms with Crippen LogP contribution in [0.15, 0.2) is 6.07 Å². The van der Waals surface area contributed by atoms with E-state index in [4.69, 9.17) is 22.1 Å². The minimum absolute atomic E-state index is 0.0963. The molecule has 0 amide bonds. The first-order chi connectivity index (χ1) is 7.61. The molecule has 0 aliphatic carbocycles. The van der Waals surface area contributed by atoms with E-state index in [0.717, 1.165) is 18.9 Å². The molecule has 0 atom stereocenters. The fraction of sp³-hybridized carbons (Fsp3) is 0.455. The first-order valence-electron chi connectivity index (χ1n) is 5.05. The molecular formula is C11H15ClFNO2. The van der Waals surface area contributed by atoms with Crippen LogP contribution >= 0.6 is 11.6 Å². The Morgan fingerprint density at radius 2 is 2.19 bits per heavy atom. The van der Waals surface area contributed by atoms with Crippen LogP contribution in [0.5, 0.6) is 11.5 Å². The molecule has 0 radical (unpaired) electrons. The van der Waals surface area contributed by atoms with Gasteiger partial charge in [-0.3, -0.25) is 0 Å². The molecule has 0 bridgehead atoms. The summed E-state index contributed by atoms with van der Waals surface area (Å²) in [5, 5.41) is 9.46. The molecule has 1 aromatic rings. The predicted octanol–water partition coefficient (Wildman–Crippen LogP) is 2.47. The van der Waals surface area contributed by atoms with Gasteiger partial charge in [0.25, 0.3) is 0 Å². The third kappa shape index (κ3) is 2.77. The van der Waals surface area contributed by atoms with E-state index < -0.39 is 5.82 Å². The second-order valence-electron chi connectivity index (χ2n) is 3.45. The highest BCUT2D eigenvalue weighted by Crippen LogP contribution is 2.37. The van der Waals surface area contributed by atoms with Crippen LogP contribution in [0, 0.1) is 5.82 Å². The van der Waals surface area contributed by atoms with Gasteiger partial charge < -0.3 is 15.6 Å². The Morgan fingerprint density at radius 3 is 2.75 bits per heavy atom. The number of ether oxygens (including phenoxy) is 1. The van der Waals surface area contributed by atoms with Crippen LogP contribution in [0.4, 0.5) is 4.39 Å². The van der Waals surface area contributed by atoms with Crippen LogP contribution < -0.4 is 10.5 Å². The summed E-state index contributed by atoms with van der Waals surface area (Å²) in [7, 11) is 1.38. The molecule has 5 heteroatoms. The van der Waals surface area contributed by atoms with E-state index in [1.54, 1.807) is 0 Å². The summed E-state index contributed by atoms with van der Waals surface area (Å²) in [6.07, 6.45) is 1.96. The van der Waals surface area contributed by atoms with E-state index >= 15 is 0 Å². The number of nitrogens with two attached hydrogens (primary N) is 1. The number of benzene rings is 1. The lowest BCUT2D eigenvalue weighted by atomic mass is 10.1. The number of halogens is 2. The highest BCUT2D eigenvalue weighted by molar-refractivity contribution is 6.31. The van der Waals surface area contributed by atoms with Gasteiger partial charge in [-0.15, -0.1) is 0 Å². The summed E-state index contributed by atoms with van der Waals surface area (Å²) in [6, 6.07) is 1.14. The van der Waals surface area contributed by atoms with Crippen molar-refractivity contribution in [3.63, 3.8) is 0 Å². The van der Waals surface area contributed by atoms with Gasteiger partial charge in [0, 0.05) is 11.6 Å². The van der Waals surface area contributed by atoms with E-state index in [0.29, 0.717) is 18.5 Å². The van der Waals surface area contributed by atoms with Gasteiger partial charge in [-0.2, -0.15) is 0 Å². The van der Waals surface area contributed by atoms with Gasteiger partial charge in [-0.05, 0) is 25.8 Å². The Morgan fingerprint density at radius 1 is 1.50 bits per heavy atom. The molecule has 1 aromatic carbocycles. The van der Waals surface area contributed by atoms with Crippen molar-refractivity contribution >= 4 is 11.6 Å². The van der Waals surface area contributed by atoms with Crippen LogP contribution in [0.25, 0.3) is 0 Å². The zero-order valence-corrected chi connectivity index (χ0v) is 9.85. The van der Waals surface area contributed by atoms with E-state index in [1.165, 1.54) is 7.11 Å². The molecule has 0 saturated carbocycles. The van der Waals surface area contributed by atoms with Crippen molar-refractivity contribution in [1.82, 2.24) is 0 Å². The van der Waals surface area contributed by atoms with E-state index in [9.17, 15) is 9.50 Å². The van der Waals surface area contributed by atoms with E-state index in [2.05, 4.69) is 0 Å². The molecule has 0 aliphatic heterocycles. The summed E-state index contributed by atoms with van der Waals surface area (Å²) in [6.45, 7) is 0.552. The zero-order valence-electron chi connectivity index (χ0n) is 9.09. The van der Waals surface area contributed by atoms with Crippen molar-refractivity contribution in [3.05, 3.63) is 22.5 Å². The summed E-state index contributed by atoms with van der Waals surface area (Å²) in [4.78, 5) is 0. The largest absolute Gasteiger partial charge is 0.504 e. The number of hydrogen-bond donors (Lipinski definition) is 2. The molecule has 0 fully saturated rings. The fourth-order valence-corrected chi connectivity index (χ4v) is 1.76. The molecule has 0 heterocycles. The van der Waals surface area contributed by atoms with Crippen LogP contribution in [0.2, 0.25) is 5.02 Å². The smallest absolute Gasteiger partial charge is 0.166 e. The van der Waals surface area contributed by atoms with Crippen LogP contribution in [0.3, 0.4) is 0 Å². The first kappa shape index (κ1) is 13.1. The molecule has 1 rings (SSSR count). The summed E-state index contributed by atoms with van der Waals surface area (Å²) >= 11 is 5.65. The normalized spacial score (nSPS) is 10.5. The number of methoxy groups -OCH3 is 1. The quantitative estimate of drug-likeness (QED) is 0.786. The number of aromatic hydroxyl groups is 1. The molecule has 0 aliphatic rings. The standard InChI is InChI=1S/C11H15ClFNO2/c1-16-11-7(4-2-3-5-14)10(13)8(12)6-9(11)15/h6,15H,2-5,14H2,1H3. The summed E-state index contributed by atoms with van der Waals surface area (Å²) in [5.74, 6) is -0.524. The third-order valence-corrected chi connectivity index (χ3v) is 2.60. The number of unbranched alkanes of at least 4 members (excludes halogenated alkanes) is 1. The van der Waals surface area contributed by atoms with E-state index in [-0.39, 0.29) is 16.5 Å². The molecule has 0 aromatic heterocycles. The molecular weight excluding hydrogens is 233 g/mol. The van der Waals surface area contributed by atoms with E-state index in [1.807, 2.05) is 0 Å². The molecule has 0 saturated heterocycles. The third-order valence-electron chi connectivity index (χ3n) is 2.33. The predicted molar refractivity (Wildman–Crippen MR) is 61.6 cm³/mol. The Kier molecular flexibility index (Phi) is 4.83. The first-order valence-corrected chi connectivity index (χ1v) is 5.43.